The van der Waals surface area contributed by atoms with Crippen molar-refractivity contribution in [3.63, 3.8) is 0 Å². The van der Waals surface area contributed by atoms with Gasteiger partial charge in [0.25, 0.3) is 0 Å². The number of hydrogen-bond donors (Lipinski definition) is 2. The van der Waals surface area contributed by atoms with Crippen molar-refractivity contribution in [1.82, 2.24) is 0 Å². The van der Waals surface area contributed by atoms with Crippen molar-refractivity contribution in [1.29, 1.82) is 0 Å². The molecule has 2 rings (SSSR count). The van der Waals surface area contributed by atoms with Crippen molar-refractivity contribution in [2.45, 2.75) is 13.5 Å². The van der Waals surface area contributed by atoms with E-state index in [1.54, 1.807) is 18.2 Å². The average molecular weight is 251 g/mol. The Kier molecular flexibility index (Phi) is 5.53. The van der Waals surface area contributed by atoms with Gasteiger partial charge in [-0.15, -0.1) is 0 Å². The van der Waals surface area contributed by atoms with E-state index >= 15 is 0 Å². The van der Waals surface area contributed by atoms with E-state index in [1.807, 2.05) is 37.3 Å². The Labute approximate surface area is 106 Å². The fourth-order valence-corrected chi connectivity index (χ4v) is 1.33. The molecule has 0 atom stereocenters. The number of aryl methyl sites for hydroxylation is 1. The van der Waals surface area contributed by atoms with Crippen LogP contribution in [-0.2, 0) is 6.61 Å². The molecule has 0 heterocycles. The van der Waals surface area contributed by atoms with Crippen molar-refractivity contribution in [3.05, 3.63) is 64.7 Å². The molecule has 0 fully saturated rings. The highest BCUT2D eigenvalue weighted by Crippen LogP contribution is 2.19. The highest BCUT2D eigenvalue weighted by Gasteiger charge is 1.93. The number of benzene rings is 2. The van der Waals surface area contributed by atoms with Gasteiger partial charge in [-0.25, -0.2) is 0 Å². The van der Waals surface area contributed by atoms with Crippen LogP contribution in [0.5, 0.6) is 5.75 Å². The van der Waals surface area contributed by atoms with Crippen LogP contribution in [0.1, 0.15) is 11.1 Å². The first-order chi connectivity index (χ1) is 8.13. The molecule has 0 aliphatic rings. The van der Waals surface area contributed by atoms with Crippen molar-refractivity contribution in [2.75, 3.05) is 0 Å². The molecule has 2 aromatic carbocycles. The van der Waals surface area contributed by atoms with Crippen molar-refractivity contribution in [2.24, 2.45) is 0 Å². The third-order valence-electron chi connectivity index (χ3n) is 2.17. The summed E-state index contributed by atoms with van der Waals surface area (Å²) < 4.78 is 0. The lowest BCUT2D eigenvalue weighted by molar-refractivity contribution is 0.282. The van der Waals surface area contributed by atoms with Crippen LogP contribution in [0.25, 0.3) is 0 Å². The van der Waals surface area contributed by atoms with Crippen LogP contribution >= 0.6 is 11.6 Å². The minimum atomic E-state index is 0.140. The molecule has 3 heteroatoms. The number of halogens is 1. The highest BCUT2D eigenvalue weighted by molar-refractivity contribution is 6.31. The molecule has 90 valence electrons. The fraction of sp³-hybridized carbons (Fsp3) is 0.143. The summed E-state index contributed by atoms with van der Waals surface area (Å²) in [4.78, 5) is 0. The maximum atomic E-state index is 8.88. The van der Waals surface area contributed by atoms with E-state index in [9.17, 15) is 0 Å². The second-order valence-corrected chi connectivity index (χ2v) is 3.98. The minimum Gasteiger partial charge on any atom is -0.508 e. The predicted octanol–water partition coefficient (Wildman–Crippen LogP) is 3.53. The number of rotatable bonds is 1. The Hall–Kier alpha value is -1.51. The third kappa shape index (κ3) is 4.89. The first-order valence-electron chi connectivity index (χ1n) is 5.23. The Morgan fingerprint density at radius 2 is 1.71 bits per heavy atom. The zero-order valence-corrected chi connectivity index (χ0v) is 10.4. The van der Waals surface area contributed by atoms with Gasteiger partial charge < -0.3 is 10.2 Å². The summed E-state index contributed by atoms with van der Waals surface area (Å²) in [6.45, 7) is 1.99. The van der Waals surface area contributed by atoms with Gasteiger partial charge in [0.1, 0.15) is 5.75 Å². The van der Waals surface area contributed by atoms with E-state index in [4.69, 9.17) is 21.8 Å². The van der Waals surface area contributed by atoms with Crippen LogP contribution in [0, 0.1) is 6.92 Å². The molecule has 17 heavy (non-hydrogen) atoms. The first-order valence-corrected chi connectivity index (χ1v) is 5.61. The molecule has 0 bridgehead atoms. The summed E-state index contributed by atoms with van der Waals surface area (Å²) in [5.74, 6) is 0.261. The fourth-order valence-electron chi connectivity index (χ4n) is 1.21. The van der Waals surface area contributed by atoms with Crippen molar-refractivity contribution < 1.29 is 10.2 Å². The molecule has 0 aliphatic heterocycles. The largest absolute Gasteiger partial charge is 0.508 e. The summed E-state index contributed by atoms with van der Waals surface area (Å²) in [5, 5.41) is 18.1. The lowest BCUT2D eigenvalue weighted by Crippen LogP contribution is -1.77. The summed E-state index contributed by atoms with van der Waals surface area (Å²) in [6.07, 6.45) is 0. The normalized spacial score (nSPS) is 9.35. The molecular weight excluding hydrogens is 236 g/mol. The summed E-state index contributed by atoms with van der Waals surface area (Å²) in [5.41, 5.74) is 1.86. The van der Waals surface area contributed by atoms with Crippen LogP contribution < -0.4 is 0 Å². The molecule has 0 aromatic heterocycles. The van der Waals surface area contributed by atoms with Gasteiger partial charge in [-0.3, -0.25) is 0 Å². The molecule has 0 radical (unpaired) electrons. The molecule has 0 saturated heterocycles. The van der Waals surface area contributed by atoms with E-state index in [0.29, 0.717) is 5.02 Å². The molecule has 0 amide bonds. The second kappa shape index (κ2) is 6.94. The minimum absolute atomic E-state index is 0.140. The van der Waals surface area contributed by atoms with Crippen LogP contribution in [0.15, 0.2) is 48.5 Å². The quantitative estimate of drug-likeness (QED) is 0.813. The SMILES string of the molecule is Cc1cc(O)ccc1Cl.OCc1ccccc1. The number of aliphatic hydroxyl groups excluding tert-OH is 1. The second-order valence-electron chi connectivity index (χ2n) is 3.58. The third-order valence-corrected chi connectivity index (χ3v) is 2.59. The molecule has 2 N–H and O–H groups in total. The van der Waals surface area contributed by atoms with E-state index in [1.165, 1.54) is 0 Å². The molecule has 0 spiro atoms. The summed E-state index contributed by atoms with van der Waals surface area (Å²) >= 11 is 5.67. The van der Waals surface area contributed by atoms with Crippen LogP contribution in [0.2, 0.25) is 5.02 Å². The zero-order chi connectivity index (χ0) is 12.7. The lowest BCUT2D eigenvalue weighted by atomic mass is 10.2. The van der Waals surface area contributed by atoms with Crippen LogP contribution in [-0.4, -0.2) is 10.2 Å². The molecule has 0 aliphatic carbocycles. The van der Waals surface area contributed by atoms with Gasteiger partial charge in [0.15, 0.2) is 0 Å². The molecular formula is C14H15ClO2. The highest BCUT2D eigenvalue weighted by atomic mass is 35.5. The van der Waals surface area contributed by atoms with Crippen LogP contribution in [0.3, 0.4) is 0 Å². The number of phenolic OH excluding ortho intramolecular Hbond substituents is 1. The number of phenols is 1. The van der Waals surface area contributed by atoms with Crippen molar-refractivity contribution in [3.8, 4) is 5.75 Å². The van der Waals surface area contributed by atoms with Crippen LogP contribution in [0.4, 0.5) is 0 Å². The van der Waals surface area contributed by atoms with Gasteiger partial charge in [-0.05, 0) is 36.2 Å². The molecule has 0 unspecified atom stereocenters. The topological polar surface area (TPSA) is 40.5 Å². The van der Waals surface area contributed by atoms with Gasteiger partial charge in [-0.2, -0.15) is 0 Å². The number of aromatic hydroxyl groups is 1. The molecule has 0 saturated carbocycles. The zero-order valence-electron chi connectivity index (χ0n) is 9.60. The monoisotopic (exact) mass is 250 g/mol. The average Bonchev–Trinajstić information content (AvgIpc) is 2.36. The standard InChI is InChI=1S/C7H7ClO.C7H8O/c1-5-4-6(9)2-3-7(5)8;8-6-7-4-2-1-3-5-7/h2-4,9H,1H3;1-5,8H,6H2. The van der Waals surface area contributed by atoms with E-state index < -0.39 is 0 Å². The lowest BCUT2D eigenvalue weighted by Gasteiger charge is -1.95. The number of hydrogen-bond acceptors (Lipinski definition) is 2. The summed E-state index contributed by atoms with van der Waals surface area (Å²) in [6, 6.07) is 14.4. The summed E-state index contributed by atoms with van der Waals surface area (Å²) in [7, 11) is 0. The Balaban J connectivity index is 0.000000171. The number of aliphatic hydroxyl groups is 1. The smallest absolute Gasteiger partial charge is 0.115 e. The maximum absolute atomic E-state index is 8.88. The first kappa shape index (κ1) is 13.6. The Bertz CT molecular complexity index is 455. The van der Waals surface area contributed by atoms with E-state index in [2.05, 4.69) is 0 Å². The van der Waals surface area contributed by atoms with Gasteiger partial charge in [-0.1, -0.05) is 41.9 Å². The van der Waals surface area contributed by atoms with Gasteiger partial charge >= 0.3 is 0 Å². The molecule has 2 nitrogen and oxygen atoms in total. The maximum Gasteiger partial charge on any atom is 0.115 e. The van der Waals surface area contributed by atoms with Gasteiger partial charge in [0.2, 0.25) is 0 Å². The Morgan fingerprint density at radius 3 is 2.12 bits per heavy atom. The van der Waals surface area contributed by atoms with Gasteiger partial charge in [0.05, 0.1) is 6.61 Å². The predicted molar refractivity (Wildman–Crippen MR) is 70.2 cm³/mol. The van der Waals surface area contributed by atoms with E-state index in [0.717, 1.165) is 11.1 Å². The van der Waals surface area contributed by atoms with Crippen molar-refractivity contribution >= 4 is 11.6 Å². The van der Waals surface area contributed by atoms with E-state index in [-0.39, 0.29) is 12.4 Å². The van der Waals surface area contributed by atoms with Gasteiger partial charge in [0, 0.05) is 5.02 Å². The molecule has 2 aromatic rings. The Morgan fingerprint density at radius 1 is 1.06 bits per heavy atom.